The zero-order valence-corrected chi connectivity index (χ0v) is 11.2. The van der Waals surface area contributed by atoms with Crippen molar-refractivity contribution >= 4 is 26.7 Å². The van der Waals surface area contributed by atoms with Crippen LogP contribution in [0.25, 0.3) is 10.8 Å². The van der Waals surface area contributed by atoms with Crippen LogP contribution in [0.15, 0.2) is 40.9 Å². The fourth-order valence-corrected chi connectivity index (χ4v) is 2.21. The Hall–Kier alpha value is -0.860. The van der Waals surface area contributed by atoms with Gasteiger partial charge in [-0.25, -0.2) is 0 Å². The summed E-state index contributed by atoms with van der Waals surface area (Å²) in [6.45, 7) is 4.30. The van der Waals surface area contributed by atoms with Crippen LogP contribution >= 0.6 is 15.9 Å². The molecule has 0 bridgehead atoms. The molecule has 0 radical (unpaired) electrons. The van der Waals surface area contributed by atoms with Crippen molar-refractivity contribution in [3.63, 3.8) is 0 Å². The van der Waals surface area contributed by atoms with Gasteiger partial charge in [-0.05, 0) is 40.5 Å². The van der Waals surface area contributed by atoms with Crippen molar-refractivity contribution in [2.24, 2.45) is 11.7 Å². The van der Waals surface area contributed by atoms with Crippen molar-refractivity contribution in [1.82, 2.24) is 0 Å². The van der Waals surface area contributed by atoms with Crippen molar-refractivity contribution in [3.05, 3.63) is 46.4 Å². The maximum atomic E-state index is 6.15. The van der Waals surface area contributed by atoms with E-state index in [0.717, 1.165) is 4.47 Å². The molecule has 0 aliphatic carbocycles. The first-order chi connectivity index (χ1) is 7.58. The summed E-state index contributed by atoms with van der Waals surface area (Å²) in [5, 5.41) is 2.49. The molecular formula is C14H16BrN. The first-order valence-electron chi connectivity index (χ1n) is 5.53. The quantitative estimate of drug-likeness (QED) is 0.872. The molecule has 0 saturated heterocycles. The van der Waals surface area contributed by atoms with Crippen LogP contribution in [-0.4, -0.2) is 0 Å². The van der Waals surface area contributed by atoms with Gasteiger partial charge in [0.1, 0.15) is 0 Å². The number of benzene rings is 2. The van der Waals surface area contributed by atoms with Gasteiger partial charge >= 0.3 is 0 Å². The van der Waals surface area contributed by atoms with Crippen LogP contribution in [0.2, 0.25) is 0 Å². The Balaban J connectivity index is 2.48. The third-order valence-electron chi connectivity index (χ3n) is 2.93. The van der Waals surface area contributed by atoms with Crippen molar-refractivity contribution in [2.45, 2.75) is 19.9 Å². The number of rotatable bonds is 2. The predicted octanol–water partition coefficient (Wildman–Crippen LogP) is 4.26. The van der Waals surface area contributed by atoms with Gasteiger partial charge in [-0.15, -0.1) is 0 Å². The van der Waals surface area contributed by atoms with Gasteiger partial charge in [0, 0.05) is 10.5 Å². The predicted molar refractivity (Wildman–Crippen MR) is 73.4 cm³/mol. The monoisotopic (exact) mass is 277 g/mol. The van der Waals surface area contributed by atoms with Crippen molar-refractivity contribution < 1.29 is 0 Å². The summed E-state index contributed by atoms with van der Waals surface area (Å²) in [5.41, 5.74) is 7.36. The average Bonchev–Trinajstić information content (AvgIpc) is 2.27. The van der Waals surface area contributed by atoms with Crippen molar-refractivity contribution in [1.29, 1.82) is 0 Å². The van der Waals surface area contributed by atoms with Crippen LogP contribution in [0.5, 0.6) is 0 Å². The Morgan fingerprint density at radius 1 is 1.00 bits per heavy atom. The minimum absolute atomic E-state index is 0.119. The molecule has 2 heteroatoms. The third kappa shape index (κ3) is 2.28. The fourth-order valence-electron chi connectivity index (χ4n) is 1.83. The molecule has 1 nitrogen and oxygen atoms in total. The summed E-state index contributed by atoms with van der Waals surface area (Å²) in [6.07, 6.45) is 0. The van der Waals surface area contributed by atoms with Crippen LogP contribution in [0.3, 0.4) is 0 Å². The summed E-state index contributed by atoms with van der Waals surface area (Å²) in [6, 6.07) is 12.9. The molecule has 0 fully saturated rings. The second-order valence-electron chi connectivity index (χ2n) is 4.52. The van der Waals surface area contributed by atoms with Gasteiger partial charge in [0.2, 0.25) is 0 Å². The average molecular weight is 278 g/mol. The molecule has 0 saturated carbocycles. The molecule has 0 amide bonds. The zero-order chi connectivity index (χ0) is 11.7. The summed E-state index contributed by atoms with van der Waals surface area (Å²) < 4.78 is 1.11. The molecule has 1 unspecified atom stereocenters. The van der Waals surface area contributed by atoms with Gasteiger partial charge in [-0.3, -0.25) is 0 Å². The molecule has 16 heavy (non-hydrogen) atoms. The maximum absolute atomic E-state index is 6.15. The van der Waals surface area contributed by atoms with E-state index in [4.69, 9.17) is 5.73 Å². The summed E-state index contributed by atoms with van der Waals surface area (Å²) in [4.78, 5) is 0. The number of fused-ring (bicyclic) bond motifs is 1. The molecule has 2 aromatic carbocycles. The van der Waals surface area contributed by atoms with E-state index in [1.54, 1.807) is 0 Å². The molecule has 0 aliphatic rings. The van der Waals surface area contributed by atoms with Crippen LogP contribution in [0.1, 0.15) is 25.5 Å². The van der Waals surface area contributed by atoms with E-state index < -0.39 is 0 Å². The molecule has 1 atom stereocenters. The number of hydrogen-bond acceptors (Lipinski definition) is 1. The van der Waals surface area contributed by atoms with E-state index >= 15 is 0 Å². The van der Waals surface area contributed by atoms with Crippen molar-refractivity contribution in [2.75, 3.05) is 0 Å². The minimum atomic E-state index is 0.119. The highest BCUT2D eigenvalue weighted by molar-refractivity contribution is 9.10. The molecule has 84 valence electrons. The normalized spacial score (nSPS) is 13.3. The van der Waals surface area contributed by atoms with Gasteiger partial charge in [-0.2, -0.15) is 0 Å². The van der Waals surface area contributed by atoms with Crippen LogP contribution in [0.4, 0.5) is 0 Å². The van der Waals surface area contributed by atoms with Crippen LogP contribution in [-0.2, 0) is 0 Å². The molecule has 0 aliphatic heterocycles. The van der Waals surface area contributed by atoms with E-state index in [1.165, 1.54) is 16.3 Å². The molecule has 2 aromatic rings. The smallest absolute Gasteiger partial charge is 0.0318 e. The lowest BCUT2D eigenvalue weighted by Gasteiger charge is -2.16. The second-order valence-corrected chi connectivity index (χ2v) is 5.44. The zero-order valence-electron chi connectivity index (χ0n) is 9.57. The Morgan fingerprint density at radius 2 is 1.62 bits per heavy atom. The largest absolute Gasteiger partial charge is 0.324 e. The molecule has 0 heterocycles. The Bertz CT molecular complexity index is 505. The molecule has 2 N–H and O–H groups in total. The minimum Gasteiger partial charge on any atom is -0.324 e. The maximum Gasteiger partial charge on any atom is 0.0318 e. The van der Waals surface area contributed by atoms with Crippen LogP contribution < -0.4 is 5.73 Å². The Kier molecular flexibility index (Phi) is 3.31. The van der Waals surface area contributed by atoms with E-state index in [1.807, 2.05) is 0 Å². The molecule has 0 spiro atoms. The fraction of sp³-hybridized carbons (Fsp3) is 0.286. The molecule has 2 rings (SSSR count). The summed E-state index contributed by atoms with van der Waals surface area (Å²) >= 11 is 3.48. The van der Waals surface area contributed by atoms with Crippen molar-refractivity contribution in [3.8, 4) is 0 Å². The number of nitrogens with two attached hydrogens (primary N) is 1. The van der Waals surface area contributed by atoms with Gasteiger partial charge < -0.3 is 5.73 Å². The number of halogens is 1. The highest BCUT2D eigenvalue weighted by atomic mass is 79.9. The lowest BCUT2D eigenvalue weighted by molar-refractivity contribution is 0.515. The van der Waals surface area contributed by atoms with E-state index in [0.29, 0.717) is 5.92 Å². The SMILES string of the molecule is CC(C)C(N)c1ccc2cc(Br)ccc2c1. The lowest BCUT2D eigenvalue weighted by Crippen LogP contribution is -2.16. The van der Waals surface area contributed by atoms with Gasteiger partial charge in [0.05, 0.1) is 0 Å². The summed E-state index contributed by atoms with van der Waals surface area (Å²) in [7, 11) is 0. The number of hydrogen-bond donors (Lipinski definition) is 1. The van der Waals surface area contributed by atoms with Gasteiger partial charge in [0.15, 0.2) is 0 Å². The summed E-state index contributed by atoms with van der Waals surface area (Å²) in [5.74, 6) is 0.466. The second kappa shape index (κ2) is 4.56. The Labute approximate surface area is 105 Å². The van der Waals surface area contributed by atoms with Gasteiger partial charge in [0.25, 0.3) is 0 Å². The standard InChI is InChI=1S/C14H16BrN/c1-9(2)14(16)12-4-3-11-8-13(15)6-5-10(11)7-12/h3-9,14H,16H2,1-2H3. The molecule has 0 aromatic heterocycles. The van der Waals surface area contributed by atoms with E-state index in [2.05, 4.69) is 66.2 Å². The highest BCUT2D eigenvalue weighted by Gasteiger charge is 2.10. The third-order valence-corrected chi connectivity index (χ3v) is 3.42. The lowest BCUT2D eigenvalue weighted by atomic mass is 9.95. The Morgan fingerprint density at radius 3 is 2.31 bits per heavy atom. The first kappa shape index (κ1) is 11.6. The van der Waals surface area contributed by atoms with E-state index in [-0.39, 0.29) is 6.04 Å². The van der Waals surface area contributed by atoms with Crippen LogP contribution in [0, 0.1) is 5.92 Å². The van der Waals surface area contributed by atoms with Gasteiger partial charge in [-0.1, -0.05) is 48.0 Å². The topological polar surface area (TPSA) is 26.0 Å². The van der Waals surface area contributed by atoms with E-state index in [9.17, 15) is 0 Å². The molecular weight excluding hydrogens is 262 g/mol. The highest BCUT2D eigenvalue weighted by Crippen LogP contribution is 2.25. The first-order valence-corrected chi connectivity index (χ1v) is 6.32.